The minimum absolute atomic E-state index is 0.0611. The van der Waals surface area contributed by atoms with Crippen molar-refractivity contribution in [1.82, 2.24) is 5.32 Å². The maximum absolute atomic E-state index is 12.2. The van der Waals surface area contributed by atoms with Crippen LogP contribution in [0.15, 0.2) is 29.2 Å². The number of carbonyl (C=O) groups is 1. The zero-order valence-electron chi connectivity index (χ0n) is 11.8. The lowest BCUT2D eigenvalue weighted by Gasteiger charge is -2.16. The van der Waals surface area contributed by atoms with E-state index in [0.717, 1.165) is 12.8 Å². The summed E-state index contributed by atoms with van der Waals surface area (Å²) in [4.78, 5) is 13.5. The van der Waals surface area contributed by atoms with Crippen LogP contribution in [0.5, 0.6) is 0 Å². The van der Waals surface area contributed by atoms with E-state index in [1.165, 1.54) is 29.7 Å². The number of thioether (sulfide) groups is 1. The Hall–Kier alpha value is -0.960. The molecule has 0 fully saturated rings. The highest BCUT2D eigenvalue weighted by molar-refractivity contribution is 8.01. The molecule has 0 saturated carbocycles. The van der Waals surface area contributed by atoms with Gasteiger partial charge in [0.25, 0.3) is 0 Å². The summed E-state index contributed by atoms with van der Waals surface area (Å²) < 4.78 is 0. The minimum Gasteiger partial charge on any atom is -0.353 e. The lowest BCUT2D eigenvalue weighted by atomic mass is 10.1. The highest BCUT2D eigenvalue weighted by Crippen LogP contribution is 2.36. The maximum Gasteiger partial charge on any atom is 0.234 e. The number of fused-ring (bicyclic) bond motifs is 1. The molecular formula is C16H23NOS. The minimum atomic E-state index is 0.0611. The van der Waals surface area contributed by atoms with Gasteiger partial charge in [-0.05, 0) is 31.4 Å². The lowest BCUT2D eigenvalue weighted by molar-refractivity contribution is -0.121. The Morgan fingerprint density at radius 2 is 2.21 bits per heavy atom. The quantitative estimate of drug-likeness (QED) is 0.802. The van der Waals surface area contributed by atoms with Crippen molar-refractivity contribution in [2.24, 2.45) is 0 Å². The zero-order valence-corrected chi connectivity index (χ0v) is 12.6. The average molecular weight is 277 g/mol. The van der Waals surface area contributed by atoms with E-state index in [2.05, 4.69) is 31.3 Å². The molecule has 1 heterocycles. The largest absolute Gasteiger partial charge is 0.353 e. The summed E-state index contributed by atoms with van der Waals surface area (Å²) in [7, 11) is 0. The average Bonchev–Trinajstić information content (AvgIpc) is 2.83. The summed E-state index contributed by atoms with van der Waals surface area (Å²) in [6, 6.07) is 8.62. The van der Waals surface area contributed by atoms with E-state index in [1.807, 2.05) is 12.1 Å². The summed E-state index contributed by atoms with van der Waals surface area (Å²) in [5.41, 5.74) is 1.31. The van der Waals surface area contributed by atoms with Gasteiger partial charge in [-0.15, -0.1) is 11.8 Å². The van der Waals surface area contributed by atoms with Gasteiger partial charge in [0, 0.05) is 10.9 Å². The Labute approximate surface area is 120 Å². The summed E-state index contributed by atoms with van der Waals surface area (Å²) in [6.45, 7) is 4.32. The van der Waals surface area contributed by atoms with E-state index in [9.17, 15) is 4.79 Å². The molecule has 19 heavy (non-hydrogen) atoms. The molecule has 0 aromatic heterocycles. The third kappa shape index (κ3) is 4.00. The van der Waals surface area contributed by atoms with Crippen LogP contribution >= 0.6 is 11.8 Å². The number of amides is 1. The zero-order chi connectivity index (χ0) is 13.7. The fourth-order valence-corrected chi connectivity index (χ4v) is 3.64. The van der Waals surface area contributed by atoms with Crippen LogP contribution in [0.2, 0.25) is 0 Å². The van der Waals surface area contributed by atoms with Crippen LogP contribution in [-0.4, -0.2) is 17.2 Å². The number of hydrogen-bond donors (Lipinski definition) is 1. The van der Waals surface area contributed by atoms with Gasteiger partial charge in [-0.25, -0.2) is 0 Å². The fraction of sp³-hybridized carbons (Fsp3) is 0.562. The van der Waals surface area contributed by atoms with Crippen LogP contribution in [0.25, 0.3) is 0 Å². The Kier molecular flexibility index (Phi) is 5.32. The number of unbranched alkanes of at least 4 members (excludes halogenated alkanes) is 2. The van der Waals surface area contributed by atoms with E-state index >= 15 is 0 Å². The fourth-order valence-electron chi connectivity index (χ4n) is 2.44. The molecule has 2 unspecified atom stereocenters. The number of benzene rings is 1. The summed E-state index contributed by atoms with van der Waals surface area (Å²) in [5, 5.41) is 3.22. The number of rotatable bonds is 6. The Balaban J connectivity index is 1.79. The Morgan fingerprint density at radius 1 is 1.42 bits per heavy atom. The molecule has 3 heteroatoms. The molecule has 2 nitrogen and oxygen atoms in total. The van der Waals surface area contributed by atoms with Crippen LogP contribution in [0.1, 0.15) is 45.1 Å². The standard InChI is InChI=1S/C16H23NOS/c1-3-4-5-8-12(2)17-16(18)15-11-13-9-6-7-10-14(13)19-15/h6-7,9-10,12,15H,3-5,8,11H2,1-2H3,(H,17,18). The van der Waals surface area contributed by atoms with Crippen LogP contribution in [0.3, 0.4) is 0 Å². The SMILES string of the molecule is CCCCCC(C)NC(=O)C1Cc2ccccc2S1. The van der Waals surface area contributed by atoms with Crippen molar-refractivity contribution >= 4 is 17.7 Å². The second kappa shape index (κ2) is 6.99. The highest BCUT2D eigenvalue weighted by atomic mass is 32.2. The van der Waals surface area contributed by atoms with Gasteiger partial charge in [-0.1, -0.05) is 44.4 Å². The van der Waals surface area contributed by atoms with Gasteiger partial charge in [0.1, 0.15) is 0 Å². The molecule has 2 rings (SSSR count). The van der Waals surface area contributed by atoms with Gasteiger partial charge < -0.3 is 5.32 Å². The molecule has 0 spiro atoms. The molecule has 0 saturated heterocycles. The van der Waals surface area contributed by atoms with Gasteiger partial charge in [0.15, 0.2) is 0 Å². The normalized spacial score (nSPS) is 18.9. The van der Waals surface area contributed by atoms with Crippen molar-refractivity contribution < 1.29 is 4.79 Å². The molecular weight excluding hydrogens is 254 g/mol. The Morgan fingerprint density at radius 3 is 2.95 bits per heavy atom. The predicted molar refractivity (Wildman–Crippen MR) is 81.5 cm³/mol. The van der Waals surface area contributed by atoms with E-state index in [-0.39, 0.29) is 11.2 Å². The van der Waals surface area contributed by atoms with Gasteiger partial charge in [-0.2, -0.15) is 0 Å². The molecule has 104 valence electrons. The predicted octanol–water partition coefficient (Wildman–Crippen LogP) is 3.79. The van der Waals surface area contributed by atoms with Crippen molar-refractivity contribution in [2.75, 3.05) is 0 Å². The number of carbonyl (C=O) groups excluding carboxylic acids is 1. The molecule has 0 radical (unpaired) electrons. The molecule has 0 aliphatic carbocycles. The molecule has 1 aromatic rings. The van der Waals surface area contributed by atoms with Crippen molar-refractivity contribution in [1.29, 1.82) is 0 Å². The van der Waals surface area contributed by atoms with Crippen molar-refractivity contribution in [3.63, 3.8) is 0 Å². The van der Waals surface area contributed by atoms with Gasteiger partial charge >= 0.3 is 0 Å². The third-order valence-electron chi connectivity index (χ3n) is 3.57. The van der Waals surface area contributed by atoms with E-state index < -0.39 is 0 Å². The monoisotopic (exact) mass is 277 g/mol. The molecule has 1 N–H and O–H groups in total. The smallest absolute Gasteiger partial charge is 0.234 e. The van der Waals surface area contributed by atoms with Crippen LogP contribution in [0, 0.1) is 0 Å². The Bertz CT molecular complexity index is 408. The lowest BCUT2D eigenvalue weighted by Crippen LogP contribution is -2.38. The number of hydrogen-bond acceptors (Lipinski definition) is 2. The van der Waals surface area contributed by atoms with Crippen LogP contribution in [-0.2, 0) is 11.2 Å². The van der Waals surface area contributed by atoms with Gasteiger partial charge in [0.2, 0.25) is 5.91 Å². The molecule has 0 bridgehead atoms. The first-order valence-corrected chi connectivity index (χ1v) is 8.13. The summed E-state index contributed by atoms with van der Waals surface area (Å²) >= 11 is 1.70. The number of nitrogens with one attached hydrogen (secondary N) is 1. The second-order valence-corrected chi connectivity index (χ2v) is 6.57. The van der Waals surface area contributed by atoms with Crippen molar-refractivity contribution in [3.05, 3.63) is 29.8 Å². The first kappa shape index (κ1) is 14.4. The van der Waals surface area contributed by atoms with Gasteiger partial charge in [0.05, 0.1) is 5.25 Å². The van der Waals surface area contributed by atoms with Crippen LogP contribution < -0.4 is 5.32 Å². The topological polar surface area (TPSA) is 29.1 Å². The van der Waals surface area contributed by atoms with E-state index in [4.69, 9.17) is 0 Å². The van der Waals surface area contributed by atoms with Crippen molar-refractivity contribution in [2.45, 2.75) is 62.1 Å². The summed E-state index contributed by atoms with van der Waals surface area (Å²) in [6.07, 6.45) is 5.65. The second-order valence-electron chi connectivity index (χ2n) is 5.32. The first-order valence-electron chi connectivity index (χ1n) is 7.25. The van der Waals surface area contributed by atoms with Crippen LogP contribution in [0.4, 0.5) is 0 Å². The molecule has 1 aliphatic rings. The van der Waals surface area contributed by atoms with Gasteiger partial charge in [-0.3, -0.25) is 4.79 Å². The highest BCUT2D eigenvalue weighted by Gasteiger charge is 2.28. The van der Waals surface area contributed by atoms with E-state index in [1.54, 1.807) is 11.8 Å². The van der Waals surface area contributed by atoms with Crippen molar-refractivity contribution in [3.8, 4) is 0 Å². The molecule has 1 amide bonds. The molecule has 2 atom stereocenters. The third-order valence-corrected chi connectivity index (χ3v) is 4.89. The first-order chi connectivity index (χ1) is 9.20. The summed E-state index contributed by atoms with van der Waals surface area (Å²) in [5.74, 6) is 0.199. The molecule has 1 aliphatic heterocycles. The maximum atomic E-state index is 12.2. The molecule has 1 aromatic carbocycles. The van der Waals surface area contributed by atoms with E-state index in [0.29, 0.717) is 6.04 Å².